The fourth-order valence-corrected chi connectivity index (χ4v) is 3.48. The molecule has 4 nitrogen and oxygen atoms in total. The van der Waals surface area contributed by atoms with Crippen LogP contribution in [0.3, 0.4) is 0 Å². The van der Waals surface area contributed by atoms with Crippen molar-refractivity contribution in [2.75, 3.05) is 26.2 Å². The number of hydrogen-bond donors (Lipinski definition) is 1. The fraction of sp³-hybridized carbons (Fsp3) is 0.550. The summed E-state index contributed by atoms with van der Waals surface area (Å²) in [4.78, 5) is 12.6. The average molecular weight is 401 g/mol. The topological polar surface area (TPSA) is 49.8 Å². The quantitative estimate of drug-likeness (QED) is 0.734. The van der Waals surface area contributed by atoms with Crippen LogP contribution >= 0.6 is 0 Å². The van der Waals surface area contributed by atoms with Crippen LogP contribution in [0.4, 0.5) is 17.6 Å². The van der Waals surface area contributed by atoms with E-state index in [1.807, 2.05) is 19.1 Å². The molecule has 8 heteroatoms. The van der Waals surface area contributed by atoms with Gasteiger partial charge in [0.15, 0.2) is 0 Å². The maximum absolute atomic E-state index is 13.9. The molecule has 3 rings (SSSR count). The number of carbonyl (C=O) groups is 1. The van der Waals surface area contributed by atoms with Gasteiger partial charge < -0.3 is 9.84 Å². The van der Waals surface area contributed by atoms with Crippen molar-refractivity contribution in [3.63, 3.8) is 0 Å². The first kappa shape index (κ1) is 20.6. The summed E-state index contributed by atoms with van der Waals surface area (Å²) in [5, 5.41) is 8.86. The molecule has 1 aliphatic carbocycles. The molecule has 0 bridgehead atoms. The van der Waals surface area contributed by atoms with Crippen LogP contribution in [0.15, 0.2) is 23.8 Å². The first-order chi connectivity index (χ1) is 13.0. The third kappa shape index (κ3) is 4.32. The third-order valence-corrected chi connectivity index (χ3v) is 5.41. The Morgan fingerprint density at radius 2 is 2.07 bits per heavy atom. The Kier molecular flexibility index (Phi) is 5.44. The molecule has 1 saturated heterocycles. The number of alkyl halides is 4. The van der Waals surface area contributed by atoms with Gasteiger partial charge in [-0.15, -0.1) is 0 Å². The summed E-state index contributed by atoms with van der Waals surface area (Å²) in [6.45, 7) is 2.94. The zero-order valence-electron chi connectivity index (χ0n) is 15.7. The predicted molar refractivity (Wildman–Crippen MR) is 95.9 cm³/mol. The summed E-state index contributed by atoms with van der Waals surface area (Å²) in [5.41, 5.74) is 0.868. The molecule has 0 unspecified atom stereocenters. The highest BCUT2D eigenvalue weighted by Gasteiger charge is 2.50. The summed E-state index contributed by atoms with van der Waals surface area (Å²) < 4.78 is 57.0. The molecule has 1 heterocycles. The van der Waals surface area contributed by atoms with Gasteiger partial charge in [-0.25, -0.2) is 9.18 Å². The van der Waals surface area contributed by atoms with Gasteiger partial charge in [-0.3, -0.25) is 4.90 Å². The van der Waals surface area contributed by atoms with Crippen LogP contribution in [0.2, 0.25) is 0 Å². The van der Waals surface area contributed by atoms with Crippen LogP contribution < -0.4 is 4.74 Å². The van der Waals surface area contributed by atoms with E-state index in [-0.39, 0.29) is 19.0 Å². The van der Waals surface area contributed by atoms with Crippen molar-refractivity contribution < 1.29 is 32.2 Å². The molecule has 1 aromatic rings. The lowest BCUT2D eigenvalue weighted by molar-refractivity contribution is -0.176. The van der Waals surface area contributed by atoms with Crippen molar-refractivity contribution in [2.45, 2.75) is 32.1 Å². The van der Waals surface area contributed by atoms with E-state index in [0.717, 1.165) is 23.6 Å². The molecule has 1 aromatic carbocycles. The highest BCUT2D eigenvalue weighted by Crippen LogP contribution is 2.34. The van der Waals surface area contributed by atoms with Gasteiger partial charge in [0, 0.05) is 19.6 Å². The molecule has 0 radical (unpaired) electrons. The van der Waals surface area contributed by atoms with Gasteiger partial charge in [-0.05, 0) is 35.6 Å². The minimum absolute atomic E-state index is 0.122. The van der Waals surface area contributed by atoms with Gasteiger partial charge in [0.25, 0.3) is 0 Å². The first-order valence-corrected chi connectivity index (χ1v) is 9.15. The van der Waals surface area contributed by atoms with Crippen molar-refractivity contribution in [1.82, 2.24) is 4.90 Å². The molecule has 1 aliphatic heterocycles. The normalized spacial score (nSPS) is 22.6. The molecule has 0 saturated carbocycles. The first-order valence-electron chi connectivity index (χ1n) is 9.15. The van der Waals surface area contributed by atoms with Crippen molar-refractivity contribution in [2.24, 2.45) is 11.8 Å². The molecule has 1 fully saturated rings. The van der Waals surface area contributed by atoms with Crippen LogP contribution in [-0.4, -0.2) is 54.1 Å². The Balaban J connectivity index is 1.64. The fourth-order valence-electron chi connectivity index (χ4n) is 3.48. The second-order valence-corrected chi connectivity index (χ2v) is 7.85. The summed E-state index contributed by atoms with van der Waals surface area (Å²) in [6, 6.07) is 5.22. The molecule has 0 aromatic heterocycles. The largest absolute Gasteiger partial charge is 0.493 e. The minimum atomic E-state index is -4.28. The van der Waals surface area contributed by atoms with Crippen LogP contribution in [0, 0.1) is 11.8 Å². The summed E-state index contributed by atoms with van der Waals surface area (Å²) in [5.74, 6) is -2.40. The molecule has 2 aliphatic rings. The lowest BCUT2D eigenvalue weighted by Gasteiger charge is -2.42. The standard InChI is InChI=1S/C20H23F4NO3/c1-12-5-15-7-17(28-9-13(2)20(22,23)24)4-3-14(15)6-16(12)8-25-10-19(21,11-25)18(26)27/h3-4,6-7,12-13H,5,8-11H2,1-2H3,(H,26,27)/t12-,13-/m1/s1. The van der Waals surface area contributed by atoms with Gasteiger partial charge in [0.2, 0.25) is 5.67 Å². The lowest BCUT2D eigenvalue weighted by Crippen LogP contribution is -2.63. The van der Waals surface area contributed by atoms with E-state index < -0.39 is 30.3 Å². The molecule has 1 N–H and O–H groups in total. The molecule has 154 valence electrons. The Morgan fingerprint density at radius 1 is 1.39 bits per heavy atom. The Bertz CT molecular complexity index is 784. The van der Waals surface area contributed by atoms with Crippen molar-refractivity contribution in [1.29, 1.82) is 0 Å². The maximum Gasteiger partial charge on any atom is 0.394 e. The molecule has 28 heavy (non-hydrogen) atoms. The van der Waals surface area contributed by atoms with E-state index in [2.05, 4.69) is 0 Å². The van der Waals surface area contributed by atoms with E-state index in [1.165, 1.54) is 0 Å². The van der Waals surface area contributed by atoms with E-state index in [9.17, 15) is 22.4 Å². The number of likely N-dealkylation sites (tertiary alicyclic amines) is 1. The molecule has 0 spiro atoms. The highest BCUT2D eigenvalue weighted by molar-refractivity contribution is 5.79. The smallest absolute Gasteiger partial charge is 0.394 e. The van der Waals surface area contributed by atoms with Crippen molar-refractivity contribution in [3.8, 4) is 5.75 Å². The Labute approximate surface area is 160 Å². The van der Waals surface area contributed by atoms with E-state index in [1.54, 1.807) is 17.0 Å². The monoisotopic (exact) mass is 401 g/mol. The van der Waals surface area contributed by atoms with Crippen LogP contribution in [0.1, 0.15) is 25.0 Å². The van der Waals surface area contributed by atoms with E-state index in [4.69, 9.17) is 9.84 Å². The van der Waals surface area contributed by atoms with Gasteiger partial charge in [0.05, 0.1) is 12.5 Å². The lowest BCUT2D eigenvalue weighted by atomic mass is 9.83. The van der Waals surface area contributed by atoms with Gasteiger partial charge in [0.1, 0.15) is 5.75 Å². The molecule has 2 atom stereocenters. The highest BCUT2D eigenvalue weighted by atomic mass is 19.4. The van der Waals surface area contributed by atoms with Gasteiger partial charge >= 0.3 is 12.1 Å². The van der Waals surface area contributed by atoms with E-state index >= 15 is 0 Å². The average Bonchev–Trinajstić information content (AvgIpc) is 2.57. The van der Waals surface area contributed by atoms with Crippen molar-refractivity contribution >= 4 is 12.0 Å². The van der Waals surface area contributed by atoms with E-state index in [0.29, 0.717) is 18.7 Å². The number of carboxylic acid groups (broad SMARTS) is 1. The Morgan fingerprint density at radius 3 is 2.68 bits per heavy atom. The zero-order chi connectivity index (χ0) is 20.7. The van der Waals surface area contributed by atoms with Crippen molar-refractivity contribution in [3.05, 3.63) is 34.9 Å². The second-order valence-electron chi connectivity index (χ2n) is 7.85. The maximum atomic E-state index is 13.9. The second kappa shape index (κ2) is 7.39. The Hall–Kier alpha value is -2.09. The summed E-state index contributed by atoms with van der Waals surface area (Å²) in [7, 11) is 0. The number of fused-ring (bicyclic) bond motifs is 1. The number of hydrogen-bond acceptors (Lipinski definition) is 3. The van der Waals surface area contributed by atoms with Crippen LogP contribution in [0.5, 0.6) is 5.75 Å². The minimum Gasteiger partial charge on any atom is -0.493 e. The summed E-state index contributed by atoms with van der Waals surface area (Å²) >= 11 is 0. The number of ether oxygens (including phenoxy) is 1. The SMILES string of the molecule is C[C@@H]1Cc2cc(OC[C@@H](C)C(F)(F)F)ccc2C=C1CN1CC(F)(C(=O)O)C1. The number of halogens is 4. The molecular formula is C20H23F4NO3. The predicted octanol–water partition coefficient (Wildman–Crippen LogP) is 3.95. The number of benzene rings is 1. The number of rotatable bonds is 6. The third-order valence-electron chi connectivity index (χ3n) is 5.41. The van der Waals surface area contributed by atoms with Gasteiger partial charge in [-0.2, -0.15) is 13.2 Å². The zero-order valence-corrected chi connectivity index (χ0v) is 15.7. The molecule has 0 amide bonds. The van der Waals surface area contributed by atoms with Gasteiger partial charge in [-0.1, -0.05) is 31.6 Å². The van der Waals surface area contributed by atoms with Crippen LogP contribution in [0.25, 0.3) is 6.08 Å². The van der Waals surface area contributed by atoms with Crippen LogP contribution in [-0.2, 0) is 11.2 Å². The number of carboxylic acids is 1. The molecular weight excluding hydrogens is 378 g/mol. The number of nitrogens with zero attached hydrogens (tertiary/aromatic N) is 1. The number of aliphatic carboxylic acids is 1. The summed E-state index contributed by atoms with van der Waals surface area (Å²) in [6.07, 6.45) is -1.60.